The average Bonchev–Trinajstić information content (AvgIpc) is 3.70. The summed E-state index contributed by atoms with van der Waals surface area (Å²) in [5, 5.41) is 11.3. The maximum Gasteiger partial charge on any atom is 0.253 e. The van der Waals surface area contributed by atoms with Crippen LogP contribution in [-0.2, 0) is 25.5 Å². The number of rotatable bonds is 14. The summed E-state index contributed by atoms with van der Waals surface area (Å²) in [6.45, 7) is 12.0. The highest BCUT2D eigenvalue weighted by molar-refractivity contribution is 6.34. The zero-order chi connectivity index (χ0) is 35.6. The molecule has 3 aromatic carbocycles. The van der Waals surface area contributed by atoms with E-state index in [-0.39, 0.29) is 24.9 Å². The minimum atomic E-state index is -1.33. The predicted molar refractivity (Wildman–Crippen MR) is 194 cm³/mol. The predicted octanol–water partition coefficient (Wildman–Crippen LogP) is 5.85. The Balaban J connectivity index is 1.46. The second kappa shape index (κ2) is 14.4. The molecule has 0 radical (unpaired) electrons. The minimum absolute atomic E-state index is 0.120. The smallest absolute Gasteiger partial charge is 0.253 e. The quantitative estimate of drug-likeness (QED) is 0.213. The lowest BCUT2D eigenvalue weighted by molar-refractivity contribution is -0.148. The summed E-state index contributed by atoms with van der Waals surface area (Å²) in [5.41, 5.74) is -0.358. The Hall–Kier alpha value is -4.44. The largest absolute Gasteiger partial charge is 0.494 e. The molecule has 3 saturated heterocycles. The van der Waals surface area contributed by atoms with E-state index in [1.54, 1.807) is 53.5 Å². The average molecular weight is 698 g/mol. The fraction of sp³-hybridized carbons (Fsp3) is 0.375. The summed E-state index contributed by atoms with van der Waals surface area (Å²) in [7, 11) is 0. The molecule has 0 aliphatic carbocycles. The number of likely N-dealkylation sites (tertiary alicyclic amines) is 1. The molecule has 1 spiro atoms. The molecule has 1 N–H and O–H groups in total. The van der Waals surface area contributed by atoms with Gasteiger partial charge in [-0.15, -0.1) is 13.2 Å². The molecule has 2 bridgehead atoms. The van der Waals surface area contributed by atoms with Crippen LogP contribution in [0.25, 0.3) is 0 Å². The molecule has 262 valence electrons. The Morgan fingerprint density at radius 1 is 1.00 bits per heavy atom. The maximum absolute atomic E-state index is 15.1. The van der Waals surface area contributed by atoms with Gasteiger partial charge in [0.05, 0.1) is 47.4 Å². The molecule has 9 nitrogen and oxygen atoms in total. The van der Waals surface area contributed by atoms with Crippen LogP contribution in [0.3, 0.4) is 0 Å². The van der Waals surface area contributed by atoms with Crippen molar-refractivity contribution in [3.63, 3.8) is 0 Å². The Morgan fingerprint density at radius 2 is 1.66 bits per heavy atom. The van der Waals surface area contributed by atoms with Crippen LogP contribution in [-0.4, -0.2) is 77.3 Å². The fourth-order valence-corrected chi connectivity index (χ4v) is 8.55. The lowest BCUT2D eigenvalue weighted by Crippen LogP contribution is -2.59. The van der Waals surface area contributed by atoms with E-state index in [1.165, 1.54) is 9.80 Å². The van der Waals surface area contributed by atoms with Crippen LogP contribution in [0.15, 0.2) is 104 Å². The van der Waals surface area contributed by atoms with Gasteiger partial charge in [0.2, 0.25) is 11.8 Å². The molecular weight excluding hydrogens is 654 g/mol. The third-order valence-corrected chi connectivity index (χ3v) is 10.7. The number of carbonyl (C=O) groups excluding carboxylic acids is 3. The first-order valence-electron chi connectivity index (χ1n) is 17.1. The van der Waals surface area contributed by atoms with Gasteiger partial charge >= 0.3 is 0 Å². The number of amides is 3. The number of nitrogens with zero attached hydrogens (tertiary/aromatic N) is 3. The number of aliphatic hydroxyl groups excluding tert-OH is 1. The highest BCUT2D eigenvalue weighted by atomic mass is 35.5. The lowest BCUT2D eigenvalue weighted by Gasteiger charge is -2.39. The van der Waals surface area contributed by atoms with Gasteiger partial charge in [0.15, 0.2) is 0 Å². The van der Waals surface area contributed by atoms with Gasteiger partial charge in [0.25, 0.3) is 5.91 Å². The SMILES string of the molecule is C=CCN(C(=O)[C@H]1[C@H]2C(=O)N([C@@H](CO)Cc3ccccc3)C(C(=O)N(CC=C)c3ccccc3Cl)C23CC[C@]1(C)O3)c1ccc(OCC)cc1. The molecule has 10 heteroatoms. The molecule has 6 rings (SSSR count). The highest BCUT2D eigenvalue weighted by Gasteiger charge is 2.79. The molecule has 3 fully saturated rings. The summed E-state index contributed by atoms with van der Waals surface area (Å²) < 4.78 is 12.6. The molecular formula is C40H44ClN3O6. The molecule has 3 amide bonds. The van der Waals surface area contributed by atoms with E-state index in [4.69, 9.17) is 21.1 Å². The number of anilines is 2. The van der Waals surface area contributed by atoms with Crippen molar-refractivity contribution in [3.8, 4) is 5.75 Å². The van der Waals surface area contributed by atoms with E-state index in [9.17, 15) is 9.90 Å². The number of hydrogen-bond acceptors (Lipinski definition) is 6. The minimum Gasteiger partial charge on any atom is -0.494 e. The first-order valence-corrected chi connectivity index (χ1v) is 17.5. The number of halogens is 1. The van der Waals surface area contributed by atoms with E-state index < -0.39 is 47.6 Å². The van der Waals surface area contributed by atoms with E-state index in [0.29, 0.717) is 48.0 Å². The Labute approximate surface area is 298 Å². The second-order valence-corrected chi connectivity index (χ2v) is 13.8. The molecule has 3 aliphatic rings. The number of ether oxygens (including phenoxy) is 2. The Bertz CT molecular complexity index is 1750. The molecule has 3 heterocycles. The van der Waals surface area contributed by atoms with E-state index in [0.717, 1.165) is 5.56 Å². The molecule has 50 heavy (non-hydrogen) atoms. The van der Waals surface area contributed by atoms with Crippen molar-refractivity contribution >= 4 is 40.7 Å². The van der Waals surface area contributed by atoms with Gasteiger partial charge < -0.3 is 29.3 Å². The first-order chi connectivity index (χ1) is 24.1. The third kappa shape index (κ3) is 6.01. The van der Waals surface area contributed by atoms with Crippen molar-refractivity contribution in [1.82, 2.24) is 4.90 Å². The van der Waals surface area contributed by atoms with E-state index in [2.05, 4.69) is 13.2 Å². The number of benzene rings is 3. The number of aliphatic hydroxyl groups is 1. The summed E-state index contributed by atoms with van der Waals surface area (Å²) in [6.07, 6.45) is 4.40. The van der Waals surface area contributed by atoms with Crippen molar-refractivity contribution in [1.29, 1.82) is 0 Å². The second-order valence-electron chi connectivity index (χ2n) is 13.4. The Kier molecular flexibility index (Phi) is 10.2. The van der Waals surface area contributed by atoms with Crippen LogP contribution in [0.2, 0.25) is 5.02 Å². The number of hydrogen-bond donors (Lipinski definition) is 1. The molecule has 0 saturated carbocycles. The van der Waals surface area contributed by atoms with Crippen molar-refractivity contribution in [2.24, 2.45) is 11.8 Å². The molecule has 3 aromatic rings. The van der Waals surface area contributed by atoms with Crippen molar-refractivity contribution < 1.29 is 29.0 Å². The van der Waals surface area contributed by atoms with Crippen LogP contribution in [0.4, 0.5) is 11.4 Å². The zero-order valence-corrected chi connectivity index (χ0v) is 29.3. The molecule has 3 aliphatic heterocycles. The van der Waals surface area contributed by atoms with Crippen LogP contribution in [0, 0.1) is 11.8 Å². The monoisotopic (exact) mass is 697 g/mol. The van der Waals surface area contributed by atoms with Gasteiger partial charge in [-0.2, -0.15) is 0 Å². The summed E-state index contributed by atoms with van der Waals surface area (Å²) in [6, 6.07) is 21.9. The van der Waals surface area contributed by atoms with Crippen LogP contribution in [0.1, 0.15) is 32.3 Å². The third-order valence-electron chi connectivity index (χ3n) is 10.4. The van der Waals surface area contributed by atoms with Crippen LogP contribution in [0.5, 0.6) is 5.75 Å². The zero-order valence-electron chi connectivity index (χ0n) is 28.5. The number of para-hydroxylation sites is 1. The molecule has 0 aromatic heterocycles. The topological polar surface area (TPSA) is 99.6 Å². The van der Waals surface area contributed by atoms with Gasteiger partial charge in [-0.05, 0) is 75.1 Å². The van der Waals surface area contributed by atoms with E-state index >= 15 is 9.59 Å². The fourth-order valence-electron chi connectivity index (χ4n) is 8.31. The van der Waals surface area contributed by atoms with Crippen molar-refractivity contribution in [3.05, 3.63) is 115 Å². The van der Waals surface area contributed by atoms with Crippen molar-refractivity contribution in [2.45, 2.75) is 56.4 Å². The maximum atomic E-state index is 15.1. The summed E-state index contributed by atoms with van der Waals surface area (Å²) >= 11 is 6.65. The van der Waals surface area contributed by atoms with E-state index in [1.807, 2.05) is 56.3 Å². The van der Waals surface area contributed by atoms with Gasteiger partial charge in [0.1, 0.15) is 17.4 Å². The van der Waals surface area contributed by atoms with Crippen LogP contribution < -0.4 is 14.5 Å². The molecule has 2 unspecified atom stereocenters. The number of fused-ring (bicyclic) bond motifs is 1. The van der Waals surface area contributed by atoms with Gasteiger partial charge in [0, 0.05) is 18.8 Å². The first kappa shape index (κ1) is 35.4. The lowest BCUT2D eigenvalue weighted by atomic mass is 9.66. The molecule has 6 atom stereocenters. The number of carbonyl (C=O) groups is 3. The van der Waals surface area contributed by atoms with Crippen molar-refractivity contribution in [2.75, 3.05) is 36.1 Å². The van der Waals surface area contributed by atoms with Crippen LogP contribution >= 0.6 is 11.6 Å². The normalized spacial score (nSPS) is 25.6. The standard InChI is InChI=1S/C40H44ClN3O6/c1-5-23-42(28-17-19-30(20-18-28)49-7-3)36(46)33-34-37(47)44(29(26-45)25-27-13-9-8-10-14-27)35(40(34)22-21-39(33,4)50-40)38(48)43(24-6-2)32-16-12-11-15-31(32)41/h5-6,8-20,29,33-35,45H,1-2,7,21-26H2,3-4H3/t29-,33-,34+,35?,39+,40?/m1/s1. The highest BCUT2D eigenvalue weighted by Crippen LogP contribution is 2.64. The summed E-state index contributed by atoms with van der Waals surface area (Å²) in [4.78, 5) is 49.7. The summed E-state index contributed by atoms with van der Waals surface area (Å²) in [5.74, 6) is -2.29. The Morgan fingerprint density at radius 3 is 2.30 bits per heavy atom. The van der Waals surface area contributed by atoms with Gasteiger partial charge in [-0.25, -0.2) is 0 Å². The van der Waals surface area contributed by atoms with Gasteiger partial charge in [-0.1, -0.05) is 66.2 Å². The van der Waals surface area contributed by atoms with Gasteiger partial charge in [-0.3, -0.25) is 14.4 Å².